The second kappa shape index (κ2) is 8.45. The molecular weight excluding hydrogens is 370 g/mol. The van der Waals surface area contributed by atoms with Gasteiger partial charge in [-0.1, -0.05) is 48.1 Å². The molecule has 0 spiro atoms. The van der Waals surface area contributed by atoms with Crippen LogP contribution < -0.4 is 10.5 Å². The van der Waals surface area contributed by atoms with Crippen molar-refractivity contribution < 1.29 is 9.53 Å². The molecule has 0 radical (unpaired) electrons. The molecule has 1 amide bonds. The summed E-state index contributed by atoms with van der Waals surface area (Å²) in [4.78, 5) is 12.4. The number of hydrogen-bond acceptors (Lipinski definition) is 2. The van der Waals surface area contributed by atoms with Crippen LogP contribution >= 0.6 is 0 Å². The highest BCUT2D eigenvalue weighted by Crippen LogP contribution is 2.62. The van der Waals surface area contributed by atoms with E-state index in [-0.39, 0.29) is 11.3 Å². The van der Waals surface area contributed by atoms with Gasteiger partial charge in [-0.25, -0.2) is 0 Å². The van der Waals surface area contributed by atoms with Gasteiger partial charge in [-0.3, -0.25) is 4.79 Å². The third-order valence-electron chi connectivity index (χ3n) is 7.59. The van der Waals surface area contributed by atoms with Crippen molar-refractivity contribution in [2.75, 3.05) is 7.11 Å². The first-order valence-electron chi connectivity index (χ1n) is 11.4. The van der Waals surface area contributed by atoms with Gasteiger partial charge in [0.25, 0.3) is 0 Å². The molecule has 4 saturated carbocycles. The first kappa shape index (κ1) is 21.0. The Morgan fingerprint density at radius 1 is 1.13 bits per heavy atom. The Morgan fingerprint density at radius 3 is 2.30 bits per heavy atom. The highest BCUT2D eigenvalue weighted by Gasteiger charge is 2.52. The Labute approximate surface area is 181 Å². The summed E-state index contributed by atoms with van der Waals surface area (Å²) in [7, 11) is 1.76. The number of amides is 1. The molecule has 2 N–H and O–H groups in total. The van der Waals surface area contributed by atoms with Crippen LogP contribution in [0.3, 0.4) is 0 Å². The second-order valence-corrected chi connectivity index (χ2v) is 9.83. The SMILES string of the molecule is CC=CC=CC(C)=CC(C(N)=O)c1ccc(OC)c(C23CC4CC(CC(C4)C2)C3)c1. The molecule has 0 aromatic heterocycles. The van der Waals surface area contributed by atoms with Crippen LogP contribution in [0.25, 0.3) is 0 Å². The standard InChI is InChI=1S/C27H35NO2/c1-4-5-6-7-18(2)10-23(26(28)29)22-8-9-25(30-3)24(14-22)27-15-19-11-20(16-27)13-21(12-19)17-27/h4-10,14,19-21,23H,11-13,15-17H2,1-3H3,(H2,28,29). The van der Waals surface area contributed by atoms with E-state index in [1.807, 2.05) is 50.3 Å². The minimum atomic E-state index is -0.432. The van der Waals surface area contributed by atoms with Crippen LogP contribution in [-0.4, -0.2) is 13.0 Å². The third kappa shape index (κ3) is 3.99. The fraction of sp³-hybridized carbons (Fsp3) is 0.519. The van der Waals surface area contributed by atoms with Crippen molar-refractivity contribution in [1.29, 1.82) is 0 Å². The summed E-state index contributed by atoms with van der Waals surface area (Å²) in [6.07, 6.45) is 18.0. The zero-order chi connectivity index (χ0) is 21.3. The van der Waals surface area contributed by atoms with Crippen molar-refractivity contribution in [3.8, 4) is 5.75 Å². The topological polar surface area (TPSA) is 52.3 Å². The van der Waals surface area contributed by atoms with Crippen molar-refractivity contribution in [1.82, 2.24) is 0 Å². The minimum absolute atomic E-state index is 0.211. The van der Waals surface area contributed by atoms with Crippen LogP contribution in [0.5, 0.6) is 5.75 Å². The highest BCUT2D eigenvalue weighted by atomic mass is 16.5. The van der Waals surface area contributed by atoms with E-state index in [9.17, 15) is 4.79 Å². The van der Waals surface area contributed by atoms with E-state index in [0.717, 1.165) is 34.6 Å². The molecule has 0 saturated heterocycles. The first-order valence-corrected chi connectivity index (χ1v) is 11.4. The molecule has 3 nitrogen and oxygen atoms in total. The lowest BCUT2D eigenvalue weighted by molar-refractivity contribution is -0.118. The number of carbonyl (C=O) groups is 1. The lowest BCUT2D eigenvalue weighted by Gasteiger charge is -2.57. The number of methoxy groups -OCH3 is 1. The molecule has 4 aliphatic carbocycles. The number of rotatable bonds is 7. The zero-order valence-electron chi connectivity index (χ0n) is 18.6. The number of carbonyl (C=O) groups excluding carboxylic acids is 1. The molecule has 4 fully saturated rings. The van der Waals surface area contributed by atoms with Gasteiger partial charge in [0.15, 0.2) is 0 Å². The number of allylic oxidation sites excluding steroid dienone is 5. The number of primary amides is 1. The van der Waals surface area contributed by atoms with E-state index in [0.29, 0.717) is 0 Å². The number of benzene rings is 1. The third-order valence-corrected chi connectivity index (χ3v) is 7.59. The van der Waals surface area contributed by atoms with Crippen molar-refractivity contribution in [3.63, 3.8) is 0 Å². The largest absolute Gasteiger partial charge is 0.496 e. The predicted octanol–water partition coefficient (Wildman–Crippen LogP) is 5.81. The van der Waals surface area contributed by atoms with Crippen LogP contribution in [0, 0.1) is 17.8 Å². The molecular formula is C27H35NO2. The average molecular weight is 406 g/mol. The van der Waals surface area contributed by atoms with Crippen molar-refractivity contribution in [3.05, 3.63) is 65.3 Å². The van der Waals surface area contributed by atoms with E-state index >= 15 is 0 Å². The highest BCUT2D eigenvalue weighted by molar-refractivity contribution is 5.84. The summed E-state index contributed by atoms with van der Waals surface area (Å²) in [5.74, 6) is 2.80. The van der Waals surface area contributed by atoms with Crippen LogP contribution in [0.4, 0.5) is 0 Å². The summed E-state index contributed by atoms with van der Waals surface area (Å²) in [5, 5.41) is 0. The Morgan fingerprint density at radius 2 is 1.77 bits per heavy atom. The summed E-state index contributed by atoms with van der Waals surface area (Å²) < 4.78 is 5.83. The summed E-state index contributed by atoms with van der Waals surface area (Å²) >= 11 is 0. The van der Waals surface area contributed by atoms with Crippen molar-refractivity contribution in [2.45, 2.75) is 63.7 Å². The van der Waals surface area contributed by atoms with Gasteiger partial charge >= 0.3 is 0 Å². The van der Waals surface area contributed by atoms with E-state index in [1.165, 1.54) is 44.1 Å². The first-order chi connectivity index (χ1) is 14.4. The van der Waals surface area contributed by atoms with Crippen LogP contribution in [0.2, 0.25) is 0 Å². The Hall–Kier alpha value is -2.29. The van der Waals surface area contributed by atoms with Gasteiger partial charge in [0.1, 0.15) is 5.75 Å². The van der Waals surface area contributed by atoms with E-state index < -0.39 is 5.92 Å². The van der Waals surface area contributed by atoms with Gasteiger partial charge in [0.05, 0.1) is 13.0 Å². The normalized spacial score (nSPS) is 31.6. The second-order valence-electron chi connectivity index (χ2n) is 9.83. The zero-order valence-corrected chi connectivity index (χ0v) is 18.6. The Bertz CT molecular complexity index is 857. The fourth-order valence-corrected chi connectivity index (χ4v) is 6.75. The molecule has 1 unspecified atom stereocenters. The van der Waals surface area contributed by atoms with Gasteiger partial charge in [-0.15, -0.1) is 0 Å². The molecule has 4 aliphatic rings. The molecule has 0 heterocycles. The maximum atomic E-state index is 12.4. The molecule has 30 heavy (non-hydrogen) atoms. The van der Waals surface area contributed by atoms with E-state index in [1.54, 1.807) is 7.11 Å². The van der Waals surface area contributed by atoms with Crippen molar-refractivity contribution >= 4 is 5.91 Å². The Kier molecular flexibility index (Phi) is 5.90. The van der Waals surface area contributed by atoms with Crippen LogP contribution in [-0.2, 0) is 10.2 Å². The smallest absolute Gasteiger partial charge is 0.228 e. The van der Waals surface area contributed by atoms with Gasteiger partial charge in [0, 0.05) is 5.56 Å². The van der Waals surface area contributed by atoms with Crippen LogP contribution in [0.1, 0.15) is 69.4 Å². The monoisotopic (exact) mass is 405 g/mol. The molecule has 1 aromatic carbocycles. The maximum Gasteiger partial charge on any atom is 0.228 e. The van der Waals surface area contributed by atoms with Crippen molar-refractivity contribution in [2.24, 2.45) is 23.5 Å². The molecule has 5 rings (SSSR count). The summed E-state index contributed by atoms with van der Waals surface area (Å²) in [5.41, 5.74) is 9.38. The quantitative estimate of drug-likeness (QED) is 0.582. The number of hydrogen-bond donors (Lipinski definition) is 1. The molecule has 160 valence electrons. The van der Waals surface area contributed by atoms with E-state index in [4.69, 9.17) is 10.5 Å². The van der Waals surface area contributed by atoms with E-state index in [2.05, 4.69) is 12.1 Å². The lowest BCUT2D eigenvalue weighted by atomic mass is 9.48. The predicted molar refractivity (Wildman–Crippen MR) is 122 cm³/mol. The number of ether oxygens (including phenoxy) is 1. The molecule has 3 heteroatoms. The molecule has 1 aromatic rings. The molecule has 0 aliphatic heterocycles. The fourth-order valence-electron chi connectivity index (χ4n) is 6.75. The number of nitrogens with two attached hydrogens (primary N) is 1. The molecule has 1 atom stereocenters. The summed E-state index contributed by atoms with van der Waals surface area (Å²) in [6, 6.07) is 6.30. The average Bonchev–Trinajstić information content (AvgIpc) is 2.70. The van der Waals surface area contributed by atoms with Gasteiger partial charge < -0.3 is 10.5 Å². The minimum Gasteiger partial charge on any atom is -0.496 e. The van der Waals surface area contributed by atoms with Gasteiger partial charge in [-0.2, -0.15) is 0 Å². The van der Waals surface area contributed by atoms with Crippen LogP contribution in [0.15, 0.2) is 54.2 Å². The van der Waals surface area contributed by atoms with Gasteiger partial charge in [0.2, 0.25) is 5.91 Å². The van der Waals surface area contributed by atoms with Gasteiger partial charge in [-0.05, 0) is 87.2 Å². The Balaban J connectivity index is 1.71. The molecule has 4 bridgehead atoms. The maximum absolute atomic E-state index is 12.4. The summed E-state index contributed by atoms with van der Waals surface area (Å²) in [6.45, 7) is 4.00. The lowest BCUT2D eigenvalue weighted by Crippen LogP contribution is -2.48.